The number of carbonyl (C=O) groups is 1. The minimum Gasteiger partial charge on any atom is -0.322 e. The number of pyridine rings is 1. The molecule has 2 N–H and O–H groups in total. The lowest BCUT2D eigenvalue weighted by atomic mass is 10.2. The maximum absolute atomic E-state index is 12.4. The number of benzene rings is 1. The number of nitrogens with one attached hydrogen (secondary N) is 2. The zero-order chi connectivity index (χ0) is 18.0. The van der Waals surface area contributed by atoms with Crippen molar-refractivity contribution in [3.05, 3.63) is 52.8 Å². The van der Waals surface area contributed by atoms with Crippen molar-refractivity contribution in [3.8, 4) is 0 Å². The van der Waals surface area contributed by atoms with E-state index < -0.39 is 10.0 Å². The number of fused-ring (bicyclic) bond motifs is 1. The van der Waals surface area contributed by atoms with Crippen LogP contribution in [-0.2, 0) is 16.6 Å². The van der Waals surface area contributed by atoms with Crippen LogP contribution < -0.4 is 10.0 Å². The fourth-order valence-corrected chi connectivity index (χ4v) is 3.52. The monoisotopic (exact) mass is 376 g/mol. The average molecular weight is 376 g/mol. The van der Waals surface area contributed by atoms with Crippen molar-refractivity contribution in [2.75, 3.05) is 11.6 Å². The van der Waals surface area contributed by atoms with Gasteiger partial charge in [-0.3, -0.25) is 9.78 Å². The fraction of sp³-hybridized carbons (Fsp3) is 0.188. The summed E-state index contributed by atoms with van der Waals surface area (Å²) in [6, 6.07) is 8.68. The number of aromatic nitrogens is 2. The predicted molar refractivity (Wildman–Crippen MR) is 98.2 cm³/mol. The number of amides is 1. The SMILES string of the molecule is Cc1nc2ccc(NC(=O)c3ccnc(CNS(C)(=O)=O)c3)cc2s1. The number of sulfonamides is 1. The van der Waals surface area contributed by atoms with Crippen LogP contribution in [0.1, 0.15) is 21.1 Å². The molecule has 3 rings (SSSR count). The van der Waals surface area contributed by atoms with Crippen LogP contribution in [-0.4, -0.2) is 30.5 Å². The summed E-state index contributed by atoms with van der Waals surface area (Å²) >= 11 is 1.56. The summed E-state index contributed by atoms with van der Waals surface area (Å²) in [5.41, 5.74) is 2.44. The lowest BCUT2D eigenvalue weighted by Gasteiger charge is -2.07. The van der Waals surface area contributed by atoms with Crippen molar-refractivity contribution in [1.82, 2.24) is 14.7 Å². The number of aryl methyl sites for hydroxylation is 1. The molecular formula is C16H16N4O3S2. The molecule has 25 heavy (non-hydrogen) atoms. The quantitative estimate of drug-likeness (QED) is 0.711. The predicted octanol–water partition coefficient (Wildman–Crippen LogP) is 2.30. The first-order valence-corrected chi connectivity index (χ1v) is 10.1. The summed E-state index contributed by atoms with van der Waals surface area (Å²) in [5.74, 6) is -0.288. The maximum Gasteiger partial charge on any atom is 0.255 e. The molecule has 0 fully saturated rings. The fourth-order valence-electron chi connectivity index (χ4n) is 2.24. The molecule has 0 spiro atoms. The van der Waals surface area contributed by atoms with Gasteiger partial charge in [0.25, 0.3) is 5.91 Å². The van der Waals surface area contributed by atoms with Crippen molar-refractivity contribution in [3.63, 3.8) is 0 Å². The highest BCUT2D eigenvalue weighted by atomic mass is 32.2. The zero-order valence-corrected chi connectivity index (χ0v) is 15.2. The van der Waals surface area contributed by atoms with E-state index in [1.807, 2.05) is 19.1 Å². The second-order valence-electron chi connectivity index (χ2n) is 5.50. The number of anilines is 1. The number of hydrogen-bond acceptors (Lipinski definition) is 6. The standard InChI is InChI=1S/C16H16N4O3S2/c1-10-19-14-4-3-12(8-15(14)24-10)20-16(21)11-5-6-17-13(7-11)9-18-25(2,22)23/h3-8,18H,9H2,1-2H3,(H,20,21). The molecule has 0 aliphatic heterocycles. The van der Waals surface area contributed by atoms with E-state index >= 15 is 0 Å². The van der Waals surface area contributed by atoms with E-state index in [4.69, 9.17) is 0 Å². The third kappa shape index (κ3) is 4.59. The molecule has 0 atom stereocenters. The Morgan fingerprint density at radius 1 is 1.24 bits per heavy atom. The molecule has 0 saturated carbocycles. The van der Waals surface area contributed by atoms with Gasteiger partial charge in [0.05, 0.1) is 33.7 Å². The van der Waals surface area contributed by atoms with E-state index in [-0.39, 0.29) is 12.5 Å². The molecule has 0 bridgehead atoms. The normalized spacial score (nSPS) is 11.6. The molecular weight excluding hydrogens is 360 g/mol. The van der Waals surface area contributed by atoms with Gasteiger partial charge in [0.2, 0.25) is 10.0 Å². The first kappa shape index (κ1) is 17.5. The first-order valence-electron chi connectivity index (χ1n) is 7.38. The van der Waals surface area contributed by atoms with Crippen molar-refractivity contribution in [2.45, 2.75) is 13.5 Å². The highest BCUT2D eigenvalue weighted by Crippen LogP contribution is 2.25. The first-order chi connectivity index (χ1) is 11.8. The topological polar surface area (TPSA) is 101 Å². The van der Waals surface area contributed by atoms with Crippen molar-refractivity contribution >= 4 is 43.2 Å². The summed E-state index contributed by atoms with van der Waals surface area (Å²) in [6.45, 7) is 1.97. The van der Waals surface area contributed by atoms with E-state index in [2.05, 4.69) is 20.0 Å². The molecule has 0 unspecified atom stereocenters. The number of hydrogen-bond donors (Lipinski definition) is 2. The van der Waals surface area contributed by atoms with Gasteiger partial charge in [-0.05, 0) is 37.3 Å². The Labute approximate surface area is 149 Å². The largest absolute Gasteiger partial charge is 0.322 e. The van der Waals surface area contributed by atoms with Crippen LogP contribution in [0.15, 0.2) is 36.5 Å². The maximum atomic E-state index is 12.4. The Balaban J connectivity index is 1.75. The molecule has 2 aromatic heterocycles. The van der Waals surface area contributed by atoms with E-state index in [9.17, 15) is 13.2 Å². The van der Waals surface area contributed by atoms with Gasteiger partial charge in [-0.1, -0.05) is 0 Å². The van der Waals surface area contributed by atoms with Crippen LogP contribution in [0.3, 0.4) is 0 Å². The number of thiazole rings is 1. The molecule has 7 nitrogen and oxygen atoms in total. The smallest absolute Gasteiger partial charge is 0.255 e. The summed E-state index contributed by atoms with van der Waals surface area (Å²) in [7, 11) is -3.32. The Bertz CT molecular complexity index is 1040. The summed E-state index contributed by atoms with van der Waals surface area (Å²) in [6.07, 6.45) is 2.55. The van der Waals surface area contributed by atoms with Crippen molar-refractivity contribution < 1.29 is 13.2 Å². The second kappa shape index (κ2) is 6.87. The van der Waals surface area contributed by atoms with Gasteiger partial charge in [0, 0.05) is 17.4 Å². The van der Waals surface area contributed by atoms with Gasteiger partial charge in [0.15, 0.2) is 0 Å². The molecule has 0 radical (unpaired) electrons. The minimum absolute atomic E-state index is 0.0338. The number of carbonyl (C=O) groups excluding carboxylic acids is 1. The summed E-state index contributed by atoms with van der Waals surface area (Å²) < 4.78 is 25.7. The van der Waals surface area contributed by atoms with Crippen LogP contribution in [0.25, 0.3) is 10.2 Å². The van der Waals surface area contributed by atoms with E-state index in [0.717, 1.165) is 21.5 Å². The van der Waals surface area contributed by atoms with Gasteiger partial charge in [-0.25, -0.2) is 18.1 Å². The van der Waals surface area contributed by atoms with Crippen LogP contribution in [0, 0.1) is 6.92 Å². The summed E-state index contributed by atoms with van der Waals surface area (Å²) in [4.78, 5) is 20.9. The molecule has 1 amide bonds. The molecule has 1 aromatic carbocycles. The highest BCUT2D eigenvalue weighted by molar-refractivity contribution is 7.88. The van der Waals surface area contributed by atoms with Crippen LogP contribution >= 0.6 is 11.3 Å². The Morgan fingerprint density at radius 2 is 2.04 bits per heavy atom. The van der Waals surface area contributed by atoms with Crippen molar-refractivity contribution in [1.29, 1.82) is 0 Å². The Morgan fingerprint density at radius 3 is 2.80 bits per heavy atom. The van der Waals surface area contributed by atoms with Gasteiger partial charge < -0.3 is 5.32 Å². The van der Waals surface area contributed by atoms with Gasteiger partial charge in [0.1, 0.15) is 0 Å². The highest BCUT2D eigenvalue weighted by Gasteiger charge is 2.10. The molecule has 2 heterocycles. The average Bonchev–Trinajstić information content (AvgIpc) is 2.92. The molecule has 9 heteroatoms. The van der Waals surface area contributed by atoms with Crippen LogP contribution in [0.5, 0.6) is 0 Å². The molecule has 0 aliphatic carbocycles. The van der Waals surface area contributed by atoms with Gasteiger partial charge in [-0.15, -0.1) is 11.3 Å². The molecule has 0 aliphatic rings. The van der Waals surface area contributed by atoms with Crippen LogP contribution in [0.2, 0.25) is 0 Å². The summed E-state index contributed by atoms with van der Waals surface area (Å²) in [5, 5.41) is 3.80. The van der Waals surface area contributed by atoms with Crippen LogP contribution in [0.4, 0.5) is 5.69 Å². The lowest BCUT2D eigenvalue weighted by Crippen LogP contribution is -2.22. The molecule has 130 valence electrons. The van der Waals surface area contributed by atoms with E-state index in [1.165, 1.54) is 6.20 Å². The Kier molecular flexibility index (Phi) is 4.80. The number of nitrogens with zero attached hydrogens (tertiary/aromatic N) is 2. The molecule has 3 aromatic rings. The van der Waals surface area contributed by atoms with E-state index in [0.29, 0.717) is 16.9 Å². The third-order valence-electron chi connectivity index (χ3n) is 3.35. The third-order valence-corrected chi connectivity index (χ3v) is 4.95. The number of rotatable bonds is 5. The zero-order valence-electron chi connectivity index (χ0n) is 13.6. The Hall–Kier alpha value is -2.36. The second-order valence-corrected chi connectivity index (χ2v) is 8.57. The van der Waals surface area contributed by atoms with Gasteiger partial charge in [-0.2, -0.15) is 0 Å². The van der Waals surface area contributed by atoms with Crippen molar-refractivity contribution in [2.24, 2.45) is 0 Å². The van der Waals surface area contributed by atoms with E-state index in [1.54, 1.807) is 29.5 Å². The van der Waals surface area contributed by atoms with Gasteiger partial charge >= 0.3 is 0 Å². The lowest BCUT2D eigenvalue weighted by molar-refractivity contribution is 0.102. The minimum atomic E-state index is -3.32. The molecule has 0 saturated heterocycles.